The van der Waals surface area contributed by atoms with Crippen molar-refractivity contribution in [3.63, 3.8) is 0 Å². The van der Waals surface area contributed by atoms with Crippen molar-refractivity contribution < 1.29 is 0 Å². The lowest BCUT2D eigenvalue weighted by Gasteiger charge is -2.67. The van der Waals surface area contributed by atoms with E-state index in [9.17, 15) is 0 Å². The van der Waals surface area contributed by atoms with Gasteiger partial charge in [0.05, 0.1) is 5.54 Å². The van der Waals surface area contributed by atoms with Gasteiger partial charge < -0.3 is 5.32 Å². The fraction of sp³-hybridized carbons (Fsp3) is 0.957. The zero-order chi connectivity index (χ0) is 21.1. The Hall–Kier alpha value is -1.21. The Kier molecular flexibility index (Phi) is 6.68. The second-order valence-corrected chi connectivity index (χ2v) is 9.75. The molecule has 0 radical (unpaired) electrons. The van der Waals surface area contributed by atoms with Crippen LogP contribution >= 0.6 is 0 Å². The SMILES string of the molecule is CCNC1(C2(C3(N(CC)CC)CCCCC3)CCCN2n2cnnn2)CCCCC1. The summed E-state index contributed by atoms with van der Waals surface area (Å²) in [5.41, 5.74) is 0.289. The number of likely N-dealkylation sites (N-methyl/N-ethyl adjacent to an activating group) is 2. The van der Waals surface area contributed by atoms with Crippen LogP contribution in [0.1, 0.15) is 97.8 Å². The van der Waals surface area contributed by atoms with E-state index in [0.29, 0.717) is 0 Å². The van der Waals surface area contributed by atoms with Crippen LogP contribution in [0.5, 0.6) is 0 Å². The van der Waals surface area contributed by atoms with Crippen molar-refractivity contribution >= 4 is 0 Å². The second kappa shape index (κ2) is 9.11. The molecule has 170 valence electrons. The highest BCUT2D eigenvalue weighted by Gasteiger charge is 2.68. The van der Waals surface area contributed by atoms with Crippen LogP contribution in [-0.4, -0.2) is 68.0 Å². The van der Waals surface area contributed by atoms with Crippen LogP contribution in [0.4, 0.5) is 0 Å². The quantitative estimate of drug-likeness (QED) is 0.698. The summed E-state index contributed by atoms with van der Waals surface area (Å²) in [7, 11) is 0. The molecule has 0 amide bonds. The Morgan fingerprint density at radius 1 is 0.867 bits per heavy atom. The van der Waals surface area contributed by atoms with Crippen molar-refractivity contribution in [2.45, 2.75) is 114 Å². The Morgan fingerprint density at radius 3 is 2.10 bits per heavy atom. The molecule has 1 atom stereocenters. The zero-order valence-corrected chi connectivity index (χ0v) is 19.6. The number of hydrogen-bond donors (Lipinski definition) is 1. The van der Waals surface area contributed by atoms with E-state index in [0.717, 1.165) is 26.2 Å². The third kappa shape index (κ3) is 3.19. The fourth-order valence-corrected chi connectivity index (χ4v) is 7.94. The number of nitrogens with one attached hydrogen (secondary N) is 1. The van der Waals surface area contributed by atoms with Crippen LogP contribution in [0.2, 0.25) is 0 Å². The highest BCUT2D eigenvalue weighted by atomic mass is 15.8. The summed E-state index contributed by atoms with van der Waals surface area (Å²) in [5, 5.41) is 19.3. The predicted molar refractivity (Wildman–Crippen MR) is 121 cm³/mol. The van der Waals surface area contributed by atoms with Crippen molar-refractivity contribution in [1.29, 1.82) is 0 Å². The lowest BCUT2D eigenvalue weighted by atomic mass is 9.54. The minimum Gasteiger partial charge on any atom is -0.309 e. The van der Waals surface area contributed by atoms with Gasteiger partial charge in [-0.1, -0.05) is 59.3 Å². The molecule has 0 spiro atoms. The standard InChI is InChI=1S/C23H43N7/c1-4-24-21(14-9-7-10-15-21)23(18-13-19-29(23)30-20-25-26-27-30)22(28(5-2)6-3)16-11-8-12-17-22/h20,24H,4-19H2,1-3H3. The summed E-state index contributed by atoms with van der Waals surface area (Å²) in [4.78, 5) is 4.84. The van der Waals surface area contributed by atoms with Gasteiger partial charge in [-0.05, 0) is 68.6 Å². The third-order valence-corrected chi connectivity index (χ3v) is 8.77. The molecule has 1 N–H and O–H groups in total. The number of rotatable bonds is 8. The molecule has 4 rings (SSSR count). The van der Waals surface area contributed by atoms with Gasteiger partial charge in [0.25, 0.3) is 0 Å². The first-order valence-corrected chi connectivity index (χ1v) is 12.7. The molecule has 1 unspecified atom stereocenters. The molecule has 0 aromatic carbocycles. The Morgan fingerprint density at radius 2 is 1.53 bits per heavy atom. The van der Waals surface area contributed by atoms with Gasteiger partial charge >= 0.3 is 0 Å². The van der Waals surface area contributed by atoms with E-state index in [2.05, 4.69) is 51.5 Å². The lowest BCUT2D eigenvalue weighted by Crippen LogP contribution is -2.83. The van der Waals surface area contributed by atoms with Gasteiger partial charge in [-0.25, -0.2) is 0 Å². The van der Waals surface area contributed by atoms with Crippen molar-refractivity contribution in [2.24, 2.45) is 0 Å². The minimum absolute atomic E-state index is 0.0122. The first-order valence-electron chi connectivity index (χ1n) is 12.7. The number of aromatic nitrogens is 4. The minimum atomic E-state index is 0.0122. The van der Waals surface area contributed by atoms with E-state index in [1.54, 1.807) is 0 Å². The van der Waals surface area contributed by atoms with E-state index in [1.165, 1.54) is 77.0 Å². The average molecular weight is 418 g/mol. The molecular formula is C23H43N7. The molecule has 3 aliphatic rings. The second-order valence-electron chi connectivity index (χ2n) is 9.75. The Bertz CT molecular complexity index is 639. The largest absolute Gasteiger partial charge is 0.309 e. The molecule has 3 fully saturated rings. The molecule has 30 heavy (non-hydrogen) atoms. The summed E-state index contributed by atoms with van der Waals surface area (Å²) < 4.78 is 0. The van der Waals surface area contributed by atoms with E-state index < -0.39 is 0 Å². The lowest BCUT2D eigenvalue weighted by molar-refractivity contribution is -0.0744. The van der Waals surface area contributed by atoms with Gasteiger partial charge in [0.15, 0.2) is 6.33 Å². The molecule has 7 heteroatoms. The summed E-state index contributed by atoms with van der Waals surface area (Å²) in [6.07, 6.45) is 17.5. The van der Waals surface area contributed by atoms with Gasteiger partial charge in [-0.15, -0.1) is 9.89 Å². The number of hydrogen-bond acceptors (Lipinski definition) is 6. The van der Waals surface area contributed by atoms with Crippen molar-refractivity contribution in [3.05, 3.63) is 6.33 Å². The van der Waals surface area contributed by atoms with Gasteiger partial charge in [0.2, 0.25) is 0 Å². The fourth-order valence-electron chi connectivity index (χ4n) is 7.94. The van der Waals surface area contributed by atoms with Crippen molar-refractivity contribution in [1.82, 2.24) is 30.5 Å². The monoisotopic (exact) mass is 417 g/mol. The van der Waals surface area contributed by atoms with Gasteiger partial charge in [-0.2, -0.15) is 0 Å². The predicted octanol–water partition coefficient (Wildman–Crippen LogP) is 3.50. The van der Waals surface area contributed by atoms with E-state index in [-0.39, 0.29) is 16.6 Å². The van der Waals surface area contributed by atoms with Crippen molar-refractivity contribution in [2.75, 3.05) is 31.2 Å². The highest BCUT2D eigenvalue weighted by molar-refractivity contribution is 5.33. The van der Waals surface area contributed by atoms with E-state index in [4.69, 9.17) is 0 Å². The van der Waals surface area contributed by atoms with Crippen LogP contribution < -0.4 is 10.3 Å². The maximum atomic E-state index is 4.45. The molecular weight excluding hydrogens is 374 g/mol. The van der Waals surface area contributed by atoms with Crippen LogP contribution in [0.25, 0.3) is 0 Å². The molecule has 1 aromatic rings. The van der Waals surface area contributed by atoms with Gasteiger partial charge in [0.1, 0.15) is 0 Å². The van der Waals surface area contributed by atoms with Gasteiger partial charge in [0, 0.05) is 17.6 Å². The summed E-state index contributed by atoms with van der Waals surface area (Å²) in [5.74, 6) is 0. The van der Waals surface area contributed by atoms with Crippen LogP contribution in [0, 0.1) is 0 Å². The van der Waals surface area contributed by atoms with E-state index >= 15 is 0 Å². The normalized spacial score (nSPS) is 28.9. The average Bonchev–Trinajstić information content (AvgIpc) is 3.47. The molecule has 2 heterocycles. The molecule has 7 nitrogen and oxygen atoms in total. The van der Waals surface area contributed by atoms with E-state index in [1.807, 2.05) is 11.1 Å². The summed E-state index contributed by atoms with van der Waals surface area (Å²) in [6.45, 7) is 11.3. The Labute approximate surface area is 182 Å². The van der Waals surface area contributed by atoms with Crippen LogP contribution in [0.3, 0.4) is 0 Å². The first-order chi connectivity index (χ1) is 14.7. The van der Waals surface area contributed by atoms with Crippen LogP contribution in [-0.2, 0) is 0 Å². The van der Waals surface area contributed by atoms with Crippen molar-refractivity contribution in [3.8, 4) is 0 Å². The highest BCUT2D eigenvalue weighted by Crippen LogP contribution is 2.57. The zero-order valence-electron chi connectivity index (χ0n) is 19.6. The number of tetrazole rings is 1. The molecule has 1 aromatic heterocycles. The third-order valence-electron chi connectivity index (χ3n) is 8.77. The molecule has 1 aliphatic heterocycles. The van der Waals surface area contributed by atoms with Gasteiger partial charge in [-0.3, -0.25) is 9.91 Å². The maximum Gasteiger partial charge on any atom is 0.161 e. The topological polar surface area (TPSA) is 62.1 Å². The maximum absolute atomic E-state index is 4.45. The van der Waals surface area contributed by atoms with Crippen LogP contribution in [0.15, 0.2) is 6.33 Å². The first kappa shape index (κ1) is 22.0. The summed E-state index contributed by atoms with van der Waals surface area (Å²) in [6, 6.07) is 0. The number of nitrogens with zero attached hydrogens (tertiary/aromatic N) is 6. The molecule has 1 saturated heterocycles. The molecule has 0 bridgehead atoms. The molecule has 2 saturated carbocycles. The Balaban J connectivity index is 1.95. The smallest absolute Gasteiger partial charge is 0.161 e. The summed E-state index contributed by atoms with van der Waals surface area (Å²) >= 11 is 0. The molecule has 2 aliphatic carbocycles.